The topological polar surface area (TPSA) is 110 Å². The van der Waals surface area contributed by atoms with E-state index in [2.05, 4.69) is 43.5 Å². The van der Waals surface area contributed by atoms with Crippen LogP contribution >= 0.6 is 0 Å². The first kappa shape index (κ1) is 49.8. The zero-order valence-corrected chi connectivity index (χ0v) is 33.9. The van der Waals surface area contributed by atoms with Crippen molar-refractivity contribution in [2.45, 2.75) is 250 Å². The van der Waals surface area contributed by atoms with Crippen molar-refractivity contribution >= 4 is 5.91 Å². The van der Waals surface area contributed by atoms with Crippen LogP contribution in [0.2, 0.25) is 0 Å². The highest BCUT2D eigenvalue weighted by molar-refractivity contribution is 5.80. The van der Waals surface area contributed by atoms with Crippen molar-refractivity contribution in [2.75, 3.05) is 6.61 Å². The fraction of sp³-hybridized carbons (Fsp3) is 0.889. The summed E-state index contributed by atoms with van der Waals surface area (Å²) < 4.78 is 0. The minimum atomic E-state index is -1.28. The van der Waals surface area contributed by atoms with E-state index in [0.717, 1.165) is 38.5 Å². The van der Waals surface area contributed by atoms with Gasteiger partial charge in [-0.1, -0.05) is 192 Å². The van der Waals surface area contributed by atoms with Crippen LogP contribution in [-0.2, 0) is 4.79 Å². The van der Waals surface area contributed by atoms with Gasteiger partial charge in [0.1, 0.15) is 12.2 Å². The molecule has 6 nitrogen and oxygen atoms in total. The van der Waals surface area contributed by atoms with Gasteiger partial charge in [-0.3, -0.25) is 4.79 Å². The molecule has 0 rings (SSSR count). The largest absolute Gasteiger partial charge is 0.394 e. The average molecular weight is 722 g/mol. The molecule has 0 aromatic rings. The summed E-state index contributed by atoms with van der Waals surface area (Å²) in [7, 11) is 0. The highest BCUT2D eigenvalue weighted by Gasteiger charge is 2.28. The highest BCUT2D eigenvalue weighted by atomic mass is 16.3. The monoisotopic (exact) mass is 722 g/mol. The van der Waals surface area contributed by atoms with Crippen molar-refractivity contribution in [1.82, 2.24) is 5.32 Å². The van der Waals surface area contributed by atoms with E-state index in [1.54, 1.807) is 0 Å². The molecule has 6 heteroatoms. The van der Waals surface area contributed by atoms with Crippen LogP contribution in [0, 0.1) is 0 Å². The summed E-state index contributed by atoms with van der Waals surface area (Å²) in [4.78, 5) is 12.4. The Bertz CT molecular complexity index is 772. The van der Waals surface area contributed by atoms with Crippen LogP contribution in [0.5, 0.6) is 0 Å². The lowest BCUT2D eigenvalue weighted by molar-refractivity contribution is -0.132. The summed E-state index contributed by atoms with van der Waals surface area (Å²) in [6.45, 7) is 3.91. The van der Waals surface area contributed by atoms with E-state index in [4.69, 9.17) is 0 Å². The van der Waals surface area contributed by atoms with Crippen LogP contribution in [0.15, 0.2) is 24.3 Å². The zero-order chi connectivity index (χ0) is 37.5. The second kappa shape index (κ2) is 40.0. The van der Waals surface area contributed by atoms with Gasteiger partial charge >= 0.3 is 0 Å². The number of aliphatic hydroxyl groups is 4. The smallest absolute Gasteiger partial charge is 0.249 e. The molecule has 1 amide bonds. The SMILES string of the molecule is CCC/C=C/CCCC(O)C(O)C(CO)NC(=O)C(O)CCCCCCCCCCCCCCC/C=C\CCCCCCCCCCCCCC. The number of amides is 1. The van der Waals surface area contributed by atoms with Crippen molar-refractivity contribution in [1.29, 1.82) is 0 Å². The Morgan fingerprint density at radius 1 is 0.471 bits per heavy atom. The standard InChI is InChI=1S/C45H87NO5/c1-3-5-7-9-11-12-13-14-15-16-17-18-19-20-21-22-23-24-25-26-27-28-29-30-31-32-33-35-37-39-43(49)45(51)46-41(40-47)44(50)42(48)38-36-34-10-8-6-4-2/h8,10,20-21,41-44,47-50H,3-7,9,11-19,22-40H2,1-2H3,(H,46,51)/b10-8+,21-20-. The van der Waals surface area contributed by atoms with Gasteiger partial charge in [0.25, 0.3) is 0 Å². The molecule has 0 aliphatic rings. The number of nitrogens with one attached hydrogen (secondary N) is 1. The molecule has 0 fully saturated rings. The molecule has 302 valence electrons. The lowest BCUT2D eigenvalue weighted by Crippen LogP contribution is -2.53. The predicted molar refractivity (Wildman–Crippen MR) is 219 cm³/mol. The third kappa shape index (κ3) is 34.3. The molecule has 0 heterocycles. The van der Waals surface area contributed by atoms with E-state index in [1.807, 2.05) is 0 Å². The van der Waals surface area contributed by atoms with Crippen molar-refractivity contribution in [3.05, 3.63) is 24.3 Å². The number of allylic oxidation sites excluding steroid dienone is 4. The number of hydrogen-bond donors (Lipinski definition) is 5. The predicted octanol–water partition coefficient (Wildman–Crippen LogP) is 11.6. The quantitative estimate of drug-likeness (QED) is 0.0320. The van der Waals surface area contributed by atoms with Crippen molar-refractivity contribution in [3.8, 4) is 0 Å². The molecule has 4 atom stereocenters. The van der Waals surface area contributed by atoms with Gasteiger partial charge in [0.2, 0.25) is 5.91 Å². The van der Waals surface area contributed by atoms with Gasteiger partial charge in [-0.05, 0) is 57.8 Å². The number of hydrogen-bond acceptors (Lipinski definition) is 5. The van der Waals surface area contributed by atoms with Crippen LogP contribution in [0.1, 0.15) is 226 Å². The van der Waals surface area contributed by atoms with Gasteiger partial charge in [0, 0.05) is 0 Å². The van der Waals surface area contributed by atoms with Crippen LogP contribution in [0.4, 0.5) is 0 Å². The van der Waals surface area contributed by atoms with E-state index in [0.29, 0.717) is 19.3 Å². The van der Waals surface area contributed by atoms with Gasteiger partial charge in [-0.15, -0.1) is 0 Å². The first-order valence-corrected chi connectivity index (χ1v) is 22.2. The van der Waals surface area contributed by atoms with E-state index < -0.39 is 36.9 Å². The normalized spacial score (nSPS) is 14.4. The van der Waals surface area contributed by atoms with Crippen LogP contribution in [0.25, 0.3) is 0 Å². The van der Waals surface area contributed by atoms with Crippen molar-refractivity contribution < 1.29 is 25.2 Å². The van der Waals surface area contributed by atoms with Gasteiger partial charge in [0.05, 0.1) is 18.8 Å². The minimum absolute atomic E-state index is 0.364. The van der Waals surface area contributed by atoms with Gasteiger partial charge in [0.15, 0.2) is 0 Å². The van der Waals surface area contributed by atoms with Crippen LogP contribution in [-0.4, -0.2) is 57.3 Å². The van der Waals surface area contributed by atoms with Crippen LogP contribution < -0.4 is 5.32 Å². The molecule has 0 bridgehead atoms. The second-order valence-corrected chi connectivity index (χ2v) is 15.4. The lowest BCUT2D eigenvalue weighted by Gasteiger charge is -2.27. The maximum absolute atomic E-state index is 12.4. The number of carbonyl (C=O) groups excluding carboxylic acids is 1. The van der Waals surface area contributed by atoms with E-state index in [1.165, 1.54) is 154 Å². The molecule has 51 heavy (non-hydrogen) atoms. The summed E-state index contributed by atoms with van der Waals surface area (Å²) >= 11 is 0. The van der Waals surface area contributed by atoms with Gasteiger partial charge in [-0.25, -0.2) is 0 Å². The van der Waals surface area contributed by atoms with E-state index in [9.17, 15) is 25.2 Å². The van der Waals surface area contributed by atoms with Crippen molar-refractivity contribution in [3.63, 3.8) is 0 Å². The molecule has 0 saturated heterocycles. The Morgan fingerprint density at radius 3 is 1.25 bits per heavy atom. The van der Waals surface area contributed by atoms with Crippen LogP contribution in [0.3, 0.4) is 0 Å². The summed E-state index contributed by atoms with van der Waals surface area (Å²) in [5.41, 5.74) is 0. The van der Waals surface area contributed by atoms with E-state index >= 15 is 0 Å². The molecular formula is C45H87NO5. The Morgan fingerprint density at radius 2 is 0.843 bits per heavy atom. The van der Waals surface area contributed by atoms with E-state index in [-0.39, 0.29) is 0 Å². The molecule has 0 aromatic carbocycles. The molecular weight excluding hydrogens is 634 g/mol. The number of rotatable bonds is 40. The third-order valence-electron chi connectivity index (χ3n) is 10.4. The minimum Gasteiger partial charge on any atom is -0.394 e. The Kier molecular flexibility index (Phi) is 39.0. The molecule has 5 N–H and O–H groups in total. The maximum atomic E-state index is 12.4. The first-order valence-electron chi connectivity index (χ1n) is 22.2. The van der Waals surface area contributed by atoms with Gasteiger partial charge < -0.3 is 25.7 Å². The summed E-state index contributed by atoms with van der Waals surface area (Å²) in [5, 5.41) is 43.2. The zero-order valence-electron chi connectivity index (χ0n) is 33.9. The second-order valence-electron chi connectivity index (χ2n) is 15.4. The Labute approximate surface area is 316 Å². The summed E-state index contributed by atoms with van der Waals surface area (Å²) in [5.74, 6) is -0.597. The van der Waals surface area contributed by atoms with Crippen molar-refractivity contribution in [2.24, 2.45) is 0 Å². The Hall–Kier alpha value is -1.21. The molecule has 0 aliphatic heterocycles. The third-order valence-corrected chi connectivity index (χ3v) is 10.4. The first-order chi connectivity index (χ1) is 25.0. The molecule has 0 radical (unpaired) electrons. The lowest BCUT2D eigenvalue weighted by atomic mass is 10.00. The Balaban J connectivity index is 3.54. The highest BCUT2D eigenvalue weighted by Crippen LogP contribution is 2.16. The average Bonchev–Trinajstić information content (AvgIpc) is 3.13. The maximum Gasteiger partial charge on any atom is 0.249 e. The molecule has 0 spiro atoms. The number of carbonyl (C=O) groups is 1. The fourth-order valence-corrected chi connectivity index (χ4v) is 6.82. The van der Waals surface area contributed by atoms with Gasteiger partial charge in [-0.2, -0.15) is 0 Å². The fourth-order valence-electron chi connectivity index (χ4n) is 6.82. The summed E-state index contributed by atoms with van der Waals surface area (Å²) in [6, 6.07) is -0.997. The number of unbranched alkanes of at least 4 members (excludes halogenated alkanes) is 27. The molecule has 0 aromatic heterocycles. The number of aliphatic hydroxyl groups excluding tert-OH is 4. The summed E-state index contributed by atoms with van der Waals surface area (Å²) in [6.07, 6.45) is 45.6. The molecule has 4 unspecified atom stereocenters. The molecule has 0 aliphatic carbocycles. The molecule has 0 saturated carbocycles.